The molecule has 1 heterocycles. The lowest BCUT2D eigenvalue weighted by molar-refractivity contribution is -0.168. The Hall–Kier alpha value is -2.15. The standard InChI is InChI=1S/C22H22Cl2FNO4/c1-22(2,3)30-18(27)11-17-21(28)26-19(15-8-7-14(24)10-16(15)25)20(29-17)12-5-4-6-13(23)9-12/h4-10,17,19-20H,11H2,1-3H3,(H,26,28)/t17-,19-,20-/m1/s1. The minimum Gasteiger partial charge on any atom is -0.460 e. The zero-order valence-electron chi connectivity index (χ0n) is 16.7. The summed E-state index contributed by atoms with van der Waals surface area (Å²) in [5.74, 6) is -1.67. The van der Waals surface area contributed by atoms with Crippen molar-refractivity contribution in [2.75, 3.05) is 0 Å². The lowest BCUT2D eigenvalue weighted by Crippen LogP contribution is -2.49. The maximum absolute atomic E-state index is 14.6. The van der Waals surface area contributed by atoms with Gasteiger partial charge in [-0.3, -0.25) is 9.59 Å². The van der Waals surface area contributed by atoms with Crippen molar-refractivity contribution in [2.24, 2.45) is 0 Å². The fraction of sp³-hybridized carbons (Fsp3) is 0.364. The van der Waals surface area contributed by atoms with Gasteiger partial charge in [-0.05, 0) is 50.6 Å². The zero-order chi connectivity index (χ0) is 22.1. The minimum absolute atomic E-state index is 0.216. The van der Waals surface area contributed by atoms with Crippen molar-refractivity contribution in [3.05, 3.63) is 69.5 Å². The van der Waals surface area contributed by atoms with Crippen LogP contribution in [0.3, 0.4) is 0 Å². The van der Waals surface area contributed by atoms with Crippen LogP contribution in [0.1, 0.15) is 50.5 Å². The lowest BCUT2D eigenvalue weighted by atomic mass is 9.92. The third kappa shape index (κ3) is 5.50. The van der Waals surface area contributed by atoms with Gasteiger partial charge in [-0.15, -0.1) is 0 Å². The predicted octanol–water partition coefficient (Wildman–Crippen LogP) is 5.16. The van der Waals surface area contributed by atoms with Gasteiger partial charge in [0, 0.05) is 15.6 Å². The van der Waals surface area contributed by atoms with Gasteiger partial charge in [-0.2, -0.15) is 0 Å². The van der Waals surface area contributed by atoms with Crippen molar-refractivity contribution in [2.45, 2.75) is 51.0 Å². The van der Waals surface area contributed by atoms with E-state index < -0.39 is 41.5 Å². The van der Waals surface area contributed by atoms with E-state index in [1.165, 1.54) is 18.2 Å². The maximum atomic E-state index is 14.6. The van der Waals surface area contributed by atoms with Gasteiger partial charge in [-0.1, -0.05) is 41.4 Å². The normalized spacial score (nSPS) is 21.8. The number of amides is 1. The molecule has 1 saturated heterocycles. The van der Waals surface area contributed by atoms with Gasteiger partial charge in [0.25, 0.3) is 0 Å². The molecule has 1 fully saturated rings. The van der Waals surface area contributed by atoms with Crippen LogP contribution < -0.4 is 5.32 Å². The van der Waals surface area contributed by atoms with Crippen LogP contribution in [-0.4, -0.2) is 23.6 Å². The van der Waals surface area contributed by atoms with Crippen LogP contribution in [0.25, 0.3) is 0 Å². The average molecular weight is 454 g/mol. The quantitative estimate of drug-likeness (QED) is 0.649. The number of carbonyl (C=O) groups is 2. The molecule has 0 bridgehead atoms. The Morgan fingerprint density at radius 1 is 1.17 bits per heavy atom. The molecule has 0 saturated carbocycles. The first-order valence-electron chi connectivity index (χ1n) is 9.41. The van der Waals surface area contributed by atoms with Crippen molar-refractivity contribution < 1.29 is 23.5 Å². The number of hydrogen-bond acceptors (Lipinski definition) is 4. The van der Waals surface area contributed by atoms with Gasteiger partial charge in [0.1, 0.15) is 23.6 Å². The average Bonchev–Trinajstić information content (AvgIpc) is 2.62. The second-order valence-electron chi connectivity index (χ2n) is 8.04. The number of esters is 1. The Morgan fingerprint density at radius 2 is 1.87 bits per heavy atom. The molecule has 3 rings (SSSR count). The van der Waals surface area contributed by atoms with E-state index in [9.17, 15) is 14.0 Å². The number of hydrogen-bond donors (Lipinski definition) is 1. The summed E-state index contributed by atoms with van der Waals surface area (Å²) in [5, 5.41) is 3.48. The third-order valence-electron chi connectivity index (χ3n) is 4.45. The second-order valence-corrected chi connectivity index (χ2v) is 8.92. The summed E-state index contributed by atoms with van der Waals surface area (Å²) in [6.45, 7) is 5.21. The molecule has 5 nitrogen and oxygen atoms in total. The molecular formula is C22H22Cl2FNO4. The first-order chi connectivity index (χ1) is 14.0. The SMILES string of the molecule is CC(C)(C)OC(=O)C[C@H]1O[C@H](c2cccc(Cl)c2)[C@@H](c2ccc(Cl)cc2F)NC1=O. The Kier molecular flexibility index (Phi) is 6.70. The molecule has 0 aromatic heterocycles. The van der Waals surface area contributed by atoms with E-state index in [1.54, 1.807) is 45.0 Å². The van der Waals surface area contributed by atoms with Crippen molar-refractivity contribution in [1.82, 2.24) is 5.32 Å². The molecule has 1 aliphatic heterocycles. The van der Waals surface area contributed by atoms with Crippen molar-refractivity contribution in [3.8, 4) is 0 Å². The molecular weight excluding hydrogens is 432 g/mol. The zero-order valence-corrected chi connectivity index (χ0v) is 18.3. The molecule has 1 N–H and O–H groups in total. The smallest absolute Gasteiger partial charge is 0.309 e. The first-order valence-corrected chi connectivity index (χ1v) is 10.2. The highest BCUT2D eigenvalue weighted by molar-refractivity contribution is 6.30. The molecule has 0 spiro atoms. The minimum atomic E-state index is -1.09. The Bertz CT molecular complexity index is 960. The van der Waals surface area contributed by atoms with Crippen molar-refractivity contribution in [3.63, 3.8) is 0 Å². The van der Waals surface area contributed by atoms with Crippen LogP contribution in [0.4, 0.5) is 4.39 Å². The Balaban J connectivity index is 1.92. The lowest BCUT2D eigenvalue weighted by Gasteiger charge is -2.37. The van der Waals surface area contributed by atoms with Gasteiger partial charge < -0.3 is 14.8 Å². The summed E-state index contributed by atoms with van der Waals surface area (Å²) >= 11 is 12.0. The number of rotatable bonds is 4. The Morgan fingerprint density at radius 3 is 2.50 bits per heavy atom. The highest BCUT2D eigenvalue weighted by atomic mass is 35.5. The monoisotopic (exact) mass is 453 g/mol. The molecule has 0 unspecified atom stereocenters. The van der Waals surface area contributed by atoms with E-state index in [2.05, 4.69) is 5.32 Å². The van der Waals surface area contributed by atoms with Crippen LogP contribution in [0, 0.1) is 5.82 Å². The molecule has 160 valence electrons. The molecule has 3 atom stereocenters. The van der Waals surface area contributed by atoms with E-state index in [0.29, 0.717) is 10.6 Å². The summed E-state index contributed by atoms with van der Waals surface area (Å²) in [7, 11) is 0. The van der Waals surface area contributed by atoms with Gasteiger partial charge in [0.2, 0.25) is 5.91 Å². The molecule has 0 aliphatic carbocycles. The van der Waals surface area contributed by atoms with Gasteiger partial charge in [0.15, 0.2) is 0 Å². The molecule has 0 radical (unpaired) electrons. The fourth-order valence-corrected chi connectivity index (χ4v) is 3.62. The molecule has 1 aliphatic rings. The summed E-state index contributed by atoms with van der Waals surface area (Å²) < 4.78 is 25.9. The Labute approximate surface area is 184 Å². The highest BCUT2D eigenvalue weighted by Crippen LogP contribution is 2.39. The van der Waals surface area contributed by atoms with E-state index in [0.717, 1.165) is 0 Å². The van der Waals surface area contributed by atoms with Crippen LogP contribution >= 0.6 is 23.2 Å². The first kappa shape index (κ1) is 22.5. The summed E-state index contributed by atoms with van der Waals surface area (Å²) in [6, 6.07) is 10.2. The van der Waals surface area contributed by atoms with Crippen LogP contribution in [0.5, 0.6) is 0 Å². The largest absolute Gasteiger partial charge is 0.460 e. The van der Waals surface area contributed by atoms with Gasteiger partial charge in [-0.25, -0.2) is 4.39 Å². The van der Waals surface area contributed by atoms with Gasteiger partial charge >= 0.3 is 5.97 Å². The molecule has 2 aromatic carbocycles. The number of ether oxygens (including phenoxy) is 2. The summed E-state index contributed by atoms with van der Waals surface area (Å²) in [5.41, 5.74) is 0.160. The summed E-state index contributed by atoms with van der Waals surface area (Å²) in [4.78, 5) is 24.9. The summed E-state index contributed by atoms with van der Waals surface area (Å²) in [6.07, 6.45) is -2.13. The topological polar surface area (TPSA) is 64.6 Å². The van der Waals surface area contributed by atoms with Crippen LogP contribution in [-0.2, 0) is 19.1 Å². The van der Waals surface area contributed by atoms with E-state index >= 15 is 0 Å². The predicted molar refractivity (Wildman–Crippen MR) is 112 cm³/mol. The number of nitrogens with one attached hydrogen (secondary N) is 1. The number of morpholine rings is 1. The van der Waals surface area contributed by atoms with E-state index in [4.69, 9.17) is 32.7 Å². The third-order valence-corrected chi connectivity index (χ3v) is 4.92. The van der Waals surface area contributed by atoms with Crippen molar-refractivity contribution >= 4 is 35.1 Å². The maximum Gasteiger partial charge on any atom is 0.309 e. The number of benzene rings is 2. The highest BCUT2D eigenvalue weighted by Gasteiger charge is 2.40. The number of carbonyl (C=O) groups excluding carboxylic acids is 2. The van der Waals surface area contributed by atoms with Crippen molar-refractivity contribution in [1.29, 1.82) is 0 Å². The molecule has 30 heavy (non-hydrogen) atoms. The van der Waals surface area contributed by atoms with Crippen LogP contribution in [0.15, 0.2) is 42.5 Å². The molecule has 8 heteroatoms. The van der Waals surface area contributed by atoms with Gasteiger partial charge in [0.05, 0.1) is 12.5 Å². The number of halogens is 3. The van der Waals surface area contributed by atoms with E-state index in [1.807, 2.05) is 0 Å². The van der Waals surface area contributed by atoms with Crippen LogP contribution in [0.2, 0.25) is 10.0 Å². The second kappa shape index (κ2) is 8.92. The molecule has 2 aromatic rings. The van der Waals surface area contributed by atoms with E-state index in [-0.39, 0.29) is 17.0 Å². The molecule has 1 amide bonds. The fourth-order valence-electron chi connectivity index (χ4n) is 3.26.